The SMILES string of the molecule is COCCOc1ccc(C2CCC(=O)C2)cc1. The Morgan fingerprint density at radius 2 is 2.00 bits per heavy atom. The van der Waals surface area contributed by atoms with Crippen molar-refractivity contribution in [2.75, 3.05) is 20.3 Å². The molecule has 1 aromatic carbocycles. The molecular formula is C14H18O3. The second-order valence-electron chi connectivity index (χ2n) is 4.39. The molecule has 3 heteroatoms. The normalized spacial score (nSPS) is 19.6. The quantitative estimate of drug-likeness (QED) is 0.734. The molecule has 0 heterocycles. The average Bonchev–Trinajstić information content (AvgIpc) is 2.77. The number of hydrogen-bond donors (Lipinski definition) is 0. The number of benzene rings is 1. The van der Waals surface area contributed by atoms with Crippen LogP contribution in [0.3, 0.4) is 0 Å². The molecule has 1 fully saturated rings. The highest BCUT2D eigenvalue weighted by molar-refractivity contribution is 5.81. The van der Waals surface area contributed by atoms with Gasteiger partial charge in [-0.25, -0.2) is 0 Å². The van der Waals surface area contributed by atoms with E-state index in [2.05, 4.69) is 12.1 Å². The predicted molar refractivity (Wildman–Crippen MR) is 65.4 cm³/mol. The van der Waals surface area contributed by atoms with Crippen LogP contribution in [0, 0.1) is 0 Å². The topological polar surface area (TPSA) is 35.5 Å². The number of carbonyl (C=O) groups is 1. The first-order valence-corrected chi connectivity index (χ1v) is 6.03. The first-order chi connectivity index (χ1) is 8.29. The van der Waals surface area contributed by atoms with Gasteiger partial charge < -0.3 is 9.47 Å². The minimum absolute atomic E-state index is 0.385. The van der Waals surface area contributed by atoms with E-state index in [0.717, 1.165) is 18.6 Å². The van der Waals surface area contributed by atoms with E-state index in [-0.39, 0.29) is 0 Å². The van der Waals surface area contributed by atoms with Crippen molar-refractivity contribution >= 4 is 5.78 Å². The maximum Gasteiger partial charge on any atom is 0.133 e. The summed E-state index contributed by atoms with van der Waals surface area (Å²) in [6, 6.07) is 8.05. The first kappa shape index (κ1) is 12.1. The summed E-state index contributed by atoms with van der Waals surface area (Å²) in [5, 5.41) is 0. The molecule has 0 saturated heterocycles. The molecular weight excluding hydrogens is 216 g/mol. The molecule has 1 aromatic rings. The van der Waals surface area contributed by atoms with Gasteiger partial charge in [-0.15, -0.1) is 0 Å². The average molecular weight is 234 g/mol. The Kier molecular flexibility index (Phi) is 4.15. The van der Waals surface area contributed by atoms with Gasteiger partial charge in [-0.3, -0.25) is 4.79 Å². The zero-order chi connectivity index (χ0) is 12.1. The van der Waals surface area contributed by atoms with Crippen LogP contribution in [0.2, 0.25) is 0 Å². The van der Waals surface area contributed by atoms with Crippen molar-refractivity contribution in [1.29, 1.82) is 0 Å². The Morgan fingerprint density at radius 3 is 2.59 bits per heavy atom. The minimum Gasteiger partial charge on any atom is -0.491 e. The molecule has 1 saturated carbocycles. The Balaban J connectivity index is 1.91. The second-order valence-corrected chi connectivity index (χ2v) is 4.39. The van der Waals surface area contributed by atoms with Crippen molar-refractivity contribution in [3.63, 3.8) is 0 Å². The van der Waals surface area contributed by atoms with Crippen LogP contribution < -0.4 is 4.74 Å². The molecule has 1 aliphatic carbocycles. The molecule has 17 heavy (non-hydrogen) atoms. The lowest BCUT2D eigenvalue weighted by Crippen LogP contribution is -2.04. The van der Waals surface area contributed by atoms with Gasteiger partial charge in [0.15, 0.2) is 0 Å². The van der Waals surface area contributed by atoms with Crippen LogP contribution in [-0.4, -0.2) is 26.1 Å². The Labute approximate surface area is 102 Å². The molecule has 92 valence electrons. The number of rotatable bonds is 5. The predicted octanol–water partition coefficient (Wildman–Crippen LogP) is 2.55. The van der Waals surface area contributed by atoms with E-state index in [1.165, 1.54) is 5.56 Å². The van der Waals surface area contributed by atoms with Gasteiger partial charge in [-0.05, 0) is 30.0 Å². The van der Waals surface area contributed by atoms with E-state index < -0.39 is 0 Å². The van der Waals surface area contributed by atoms with Crippen molar-refractivity contribution in [1.82, 2.24) is 0 Å². The van der Waals surface area contributed by atoms with Gasteiger partial charge in [-0.2, -0.15) is 0 Å². The lowest BCUT2D eigenvalue weighted by Gasteiger charge is -2.10. The Morgan fingerprint density at radius 1 is 1.24 bits per heavy atom. The lowest BCUT2D eigenvalue weighted by atomic mass is 9.98. The van der Waals surface area contributed by atoms with E-state index in [0.29, 0.717) is 31.3 Å². The number of Topliss-reactive ketones (excluding diaryl/α,β-unsaturated/α-hetero) is 1. The van der Waals surface area contributed by atoms with Crippen molar-refractivity contribution in [3.05, 3.63) is 29.8 Å². The highest BCUT2D eigenvalue weighted by atomic mass is 16.5. The fourth-order valence-electron chi connectivity index (χ4n) is 2.18. The molecule has 0 amide bonds. The molecule has 0 aromatic heterocycles. The van der Waals surface area contributed by atoms with Gasteiger partial charge in [0, 0.05) is 20.0 Å². The van der Waals surface area contributed by atoms with E-state index in [1.54, 1.807) is 7.11 Å². The number of ether oxygens (including phenoxy) is 2. The Hall–Kier alpha value is -1.35. The van der Waals surface area contributed by atoms with Crippen LogP contribution in [0.25, 0.3) is 0 Å². The molecule has 0 bridgehead atoms. The summed E-state index contributed by atoms with van der Waals surface area (Å²) in [6.45, 7) is 1.16. The van der Waals surface area contributed by atoms with Crippen LogP contribution in [0.1, 0.15) is 30.7 Å². The first-order valence-electron chi connectivity index (χ1n) is 6.03. The van der Waals surface area contributed by atoms with Gasteiger partial charge in [0.1, 0.15) is 18.1 Å². The summed E-state index contributed by atoms with van der Waals surface area (Å²) in [6.07, 6.45) is 2.42. The monoisotopic (exact) mass is 234 g/mol. The third kappa shape index (κ3) is 3.30. The molecule has 0 radical (unpaired) electrons. The maximum atomic E-state index is 11.2. The summed E-state index contributed by atoms with van der Waals surface area (Å²) in [7, 11) is 1.66. The second kappa shape index (κ2) is 5.82. The number of carbonyl (C=O) groups excluding carboxylic acids is 1. The number of ketones is 1. The molecule has 1 unspecified atom stereocenters. The highest BCUT2D eigenvalue weighted by Crippen LogP contribution is 2.32. The van der Waals surface area contributed by atoms with Gasteiger partial charge in [0.2, 0.25) is 0 Å². The van der Waals surface area contributed by atoms with Gasteiger partial charge in [0.25, 0.3) is 0 Å². The summed E-state index contributed by atoms with van der Waals surface area (Å²) in [5.74, 6) is 1.65. The smallest absolute Gasteiger partial charge is 0.133 e. The molecule has 0 N–H and O–H groups in total. The number of hydrogen-bond acceptors (Lipinski definition) is 3. The number of methoxy groups -OCH3 is 1. The van der Waals surface area contributed by atoms with E-state index in [9.17, 15) is 4.79 Å². The van der Waals surface area contributed by atoms with Crippen LogP contribution in [0.4, 0.5) is 0 Å². The van der Waals surface area contributed by atoms with Crippen LogP contribution in [-0.2, 0) is 9.53 Å². The minimum atomic E-state index is 0.385. The zero-order valence-electron chi connectivity index (χ0n) is 10.1. The van der Waals surface area contributed by atoms with Crippen molar-refractivity contribution in [2.45, 2.75) is 25.2 Å². The highest BCUT2D eigenvalue weighted by Gasteiger charge is 2.23. The van der Waals surface area contributed by atoms with E-state index in [4.69, 9.17) is 9.47 Å². The van der Waals surface area contributed by atoms with Crippen LogP contribution in [0.15, 0.2) is 24.3 Å². The maximum absolute atomic E-state index is 11.2. The summed E-state index contributed by atoms with van der Waals surface area (Å²) in [5.41, 5.74) is 1.25. The van der Waals surface area contributed by atoms with Gasteiger partial charge >= 0.3 is 0 Å². The Bertz CT molecular complexity index is 370. The van der Waals surface area contributed by atoms with Crippen molar-refractivity contribution in [2.24, 2.45) is 0 Å². The molecule has 0 aliphatic heterocycles. The van der Waals surface area contributed by atoms with E-state index in [1.807, 2.05) is 12.1 Å². The summed E-state index contributed by atoms with van der Waals surface area (Å²) >= 11 is 0. The lowest BCUT2D eigenvalue weighted by molar-refractivity contribution is -0.117. The van der Waals surface area contributed by atoms with Crippen LogP contribution >= 0.6 is 0 Å². The van der Waals surface area contributed by atoms with Crippen molar-refractivity contribution in [3.8, 4) is 5.75 Å². The van der Waals surface area contributed by atoms with E-state index >= 15 is 0 Å². The third-order valence-corrected chi connectivity index (χ3v) is 3.15. The van der Waals surface area contributed by atoms with Gasteiger partial charge in [0.05, 0.1) is 6.61 Å². The molecule has 2 rings (SSSR count). The van der Waals surface area contributed by atoms with Gasteiger partial charge in [-0.1, -0.05) is 12.1 Å². The fourth-order valence-corrected chi connectivity index (χ4v) is 2.18. The molecule has 0 spiro atoms. The molecule has 3 nitrogen and oxygen atoms in total. The third-order valence-electron chi connectivity index (χ3n) is 3.15. The largest absolute Gasteiger partial charge is 0.491 e. The fraction of sp³-hybridized carbons (Fsp3) is 0.500. The zero-order valence-corrected chi connectivity index (χ0v) is 10.1. The van der Waals surface area contributed by atoms with Crippen LogP contribution in [0.5, 0.6) is 5.75 Å². The molecule has 1 atom stereocenters. The molecule has 1 aliphatic rings. The summed E-state index contributed by atoms with van der Waals surface area (Å²) < 4.78 is 10.4. The summed E-state index contributed by atoms with van der Waals surface area (Å²) in [4.78, 5) is 11.2. The standard InChI is InChI=1S/C14H18O3/c1-16-8-9-17-14-6-3-11(4-7-14)12-2-5-13(15)10-12/h3-4,6-7,12H,2,5,8-10H2,1H3. The van der Waals surface area contributed by atoms with Crippen molar-refractivity contribution < 1.29 is 14.3 Å².